The molecule has 0 aliphatic heterocycles. The summed E-state index contributed by atoms with van der Waals surface area (Å²) in [6.45, 7) is 2.06. The molecule has 2 aromatic carbocycles. The number of nitrogens with one attached hydrogen (secondary N) is 2. The Hall–Kier alpha value is -3.41. The number of aromatic nitrogens is 4. The molecule has 2 N–H and O–H groups in total. The number of hydrogen-bond acceptors (Lipinski definition) is 3. The monoisotopic (exact) mass is 331 g/mol. The zero-order valence-electron chi connectivity index (χ0n) is 13.7. The zero-order chi connectivity index (χ0) is 17.2. The van der Waals surface area contributed by atoms with Crippen molar-refractivity contribution in [1.82, 2.24) is 20.0 Å². The second-order valence-electron chi connectivity index (χ2n) is 5.87. The van der Waals surface area contributed by atoms with Gasteiger partial charge in [-0.15, -0.1) is 0 Å². The maximum absolute atomic E-state index is 12.5. The molecular formula is C19H17N5O. The number of hydrogen-bond donors (Lipinski definition) is 2. The maximum Gasteiger partial charge on any atom is 0.276 e. The van der Waals surface area contributed by atoms with Crippen molar-refractivity contribution in [2.75, 3.05) is 5.32 Å². The van der Waals surface area contributed by atoms with Crippen LogP contribution in [0, 0.1) is 0 Å². The summed E-state index contributed by atoms with van der Waals surface area (Å²) in [5.74, 6) is -0.260. The number of amides is 1. The molecule has 0 radical (unpaired) electrons. The van der Waals surface area contributed by atoms with Gasteiger partial charge in [-0.3, -0.25) is 14.6 Å². The van der Waals surface area contributed by atoms with Gasteiger partial charge in [-0.2, -0.15) is 10.2 Å². The molecule has 6 nitrogen and oxygen atoms in total. The Morgan fingerprint density at radius 1 is 1.12 bits per heavy atom. The second kappa shape index (κ2) is 6.24. The normalized spacial score (nSPS) is 12.2. The summed E-state index contributed by atoms with van der Waals surface area (Å²) in [6.07, 6.45) is 3.47. The third kappa shape index (κ3) is 2.89. The van der Waals surface area contributed by atoms with Crippen LogP contribution >= 0.6 is 0 Å². The van der Waals surface area contributed by atoms with Crippen LogP contribution < -0.4 is 5.32 Å². The van der Waals surface area contributed by atoms with E-state index in [-0.39, 0.29) is 11.9 Å². The topological polar surface area (TPSA) is 75.6 Å². The summed E-state index contributed by atoms with van der Waals surface area (Å²) in [7, 11) is 0. The van der Waals surface area contributed by atoms with Crippen LogP contribution in [0.5, 0.6) is 0 Å². The number of H-pyrrole nitrogens is 1. The molecule has 1 atom stereocenters. The summed E-state index contributed by atoms with van der Waals surface area (Å²) in [5, 5.41) is 15.0. The third-order valence-electron chi connectivity index (χ3n) is 4.22. The first kappa shape index (κ1) is 15.1. The number of nitrogens with zero attached hydrogens (tertiary/aromatic N) is 3. The van der Waals surface area contributed by atoms with E-state index in [1.807, 2.05) is 53.3 Å². The molecular weight excluding hydrogens is 314 g/mol. The molecule has 0 aliphatic rings. The van der Waals surface area contributed by atoms with E-state index in [9.17, 15) is 4.79 Å². The van der Waals surface area contributed by atoms with E-state index >= 15 is 0 Å². The van der Waals surface area contributed by atoms with Crippen molar-refractivity contribution in [3.8, 4) is 0 Å². The number of anilines is 1. The predicted octanol–water partition coefficient (Wildman–Crippen LogP) is 3.62. The Morgan fingerprint density at radius 2 is 1.88 bits per heavy atom. The van der Waals surface area contributed by atoms with Crippen LogP contribution in [0.25, 0.3) is 10.9 Å². The fourth-order valence-corrected chi connectivity index (χ4v) is 2.83. The first-order valence-corrected chi connectivity index (χ1v) is 8.06. The molecule has 2 heterocycles. The summed E-state index contributed by atoms with van der Waals surface area (Å²) >= 11 is 0. The zero-order valence-corrected chi connectivity index (χ0v) is 13.7. The number of fused-ring (bicyclic) bond motifs is 1. The molecule has 2 aromatic heterocycles. The lowest BCUT2D eigenvalue weighted by atomic mass is 10.1. The molecule has 0 bridgehead atoms. The summed E-state index contributed by atoms with van der Waals surface area (Å²) in [5.41, 5.74) is 3.00. The smallest absolute Gasteiger partial charge is 0.276 e. The van der Waals surface area contributed by atoms with Crippen LogP contribution in [0.4, 0.5) is 5.69 Å². The molecule has 124 valence electrons. The minimum absolute atomic E-state index is 0.0815. The van der Waals surface area contributed by atoms with Crippen molar-refractivity contribution < 1.29 is 4.79 Å². The van der Waals surface area contributed by atoms with Crippen molar-refractivity contribution in [2.24, 2.45) is 0 Å². The number of rotatable bonds is 4. The van der Waals surface area contributed by atoms with Crippen LogP contribution in [-0.4, -0.2) is 25.9 Å². The van der Waals surface area contributed by atoms with Crippen molar-refractivity contribution in [3.05, 3.63) is 78.2 Å². The van der Waals surface area contributed by atoms with E-state index < -0.39 is 0 Å². The Labute approximate surface area is 144 Å². The molecule has 25 heavy (non-hydrogen) atoms. The molecule has 0 spiro atoms. The maximum atomic E-state index is 12.5. The van der Waals surface area contributed by atoms with Gasteiger partial charge in [0.25, 0.3) is 5.91 Å². The van der Waals surface area contributed by atoms with E-state index in [0.29, 0.717) is 11.4 Å². The highest BCUT2D eigenvalue weighted by Crippen LogP contribution is 2.20. The Bertz CT molecular complexity index is 1020. The molecule has 4 rings (SSSR count). The number of carbonyl (C=O) groups excluding carboxylic acids is 1. The molecule has 0 saturated carbocycles. The van der Waals surface area contributed by atoms with E-state index in [0.717, 1.165) is 16.5 Å². The van der Waals surface area contributed by atoms with Gasteiger partial charge >= 0.3 is 0 Å². The van der Waals surface area contributed by atoms with Gasteiger partial charge in [0, 0.05) is 11.6 Å². The molecule has 0 saturated heterocycles. The Kier molecular flexibility index (Phi) is 3.78. The van der Waals surface area contributed by atoms with Gasteiger partial charge in [0.05, 0.1) is 23.4 Å². The highest BCUT2D eigenvalue weighted by atomic mass is 16.2. The lowest BCUT2D eigenvalue weighted by molar-refractivity contribution is 0.102. The van der Waals surface area contributed by atoms with E-state index in [1.165, 1.54) is 0 Å². The average Bonchev–Trinajstić information content (AvgIpc) is 3.28. The van der Waals surface area contributed by atoms with E-state index in [2.05, 4.69) is 39.7 Å². The molecule has 4 aromatic rings. The quantitative estimate of drug-likeness (QED) is 0.600. The second-order valence-corrected chi connectivity index (χ2v) is 5.87. The minimum Gasteiger partial charge on any atom is -0.318 e. The number of carbonyl (C=O) groups is 1. The highest BCUT2D eigenvalue weighted by molar-refractivity contribution is 6.10. The lowest BCUT2D eigenvalue weighted by Crippen LogP contribution is -2.12. The van der Waals surface area contributed by atoms with Crippen LogP contribution in [-0.2, 0) is 0 Å². The fourth-order valence-electron chi connectivity index (χ4n) is 2.83. The minimum atomic E-state index is -0.260. The largest absolute Gasteiger partial charge is 0.318 e. The lowest BCUT2D eigenvalue weighted by Gasteiger charge is -2.12. The van der Waals surface area contributed by atoms with Crippen LogP contribution in [0.3, 0.4) is 0 Å². The van der Waals surface area contributed by atoms with Gasteiger partial charge < -0.3 is 5.32 Å². The molecule has 6 heteroatoms. The van der Waals surface area contributed by atoms with Gasteiger partial charge in [-0.05, 0) is 18.6 Å². The fraction of sp³-hybridized carbons (Fsp3) is 0.105. The highest BCUT2D eigenvalue weighted by Gasteiger charge is 2.15. The Morgan fingerprint density at radius 3 is 2.72 bits per heavy atom. The summed E-state index contributed by atoms with van der Waals surface area (Å²) in [6, 6.07) is 17.7. The first-order valence-electron chi connectivity index (χ1n) is 8.06. The van der Waals surface area contributed by atoms with Crippen LogP contribution in [0.1, 0.15) is 29.0 Å². The van der Waals surface area contributed by atoms with E-state index in [1.54, 1.807) is 6.20 Å². The van der Waals surface area contributed by atoms with Crippen molar-refractivity contribution in [2.45, 2.75) is 13.0 Å². The first-order chi connectivity index (χ1) is 12.2. The van der Waals surface area contributed by atoms with E-state index in [4.69, 9.17) is 0 Å². The van der Waals surface area contributed by atoms with Gasteiger partial charge in [-0.25, -0.2) is 0 Å². The van der Waals surface area contributed by atoms with Crippen molar-refractivity contribution in [3.63, 3.8) is 0 Å². The van der Waals surface area contributed by atoms with Gasteiger partial charge in [-0.1, -0.05) is 48.5 Å². The van der Waals surface area contributed by atoms with Crippen LogP contribution in [0.15, 0.2) is 67.0 Å². The third-order valence-corrected chi connectivity index (χ3v) is 4.22. The summed E-state index contributed by atoms with van der Waals surface area (Å²) < 4.78 is 1.83. The number of para-hydroxylation sites is 1. The van der Waals surface area contributed by atoms with Crippen molar-refractivity contribution in [1.29, 1.82) is 0 Å². The van der Waals surface area contributed by atoms with Gasteiger partial charge in [0.1, 0.15) is 0 Å². The van der Waals surface area contributed by atoms with Gasteiger partial charge in [0.2, 0.25) is 0 Å². The SMILES string of the molecule is CC(c1ccccc1)n1cc(NC(=O)c2n[nH]c3ccccc23)cn1. The number of aromatic amines is 1. The Balaban J connectivity index is 1.54. The summed E-state index contributed by atoms with van der Waals surface area (Å²) in [4.78, 5) is 12.5. The molecule has 1 unspecified atom stereocenters. The van der Waals surface area contributed by atoms with Crippen molar-refractivity contribution >= 4 is 22.5 Å². The average molecular weight is 331 g/mol. The molecule has 0 aliphatic carbocycles. The number of benzene rings is 2. The molecule has 1 amide bonds. The molecule has 0 fully saturated rings. The predicted molar refractivity (Wildman–Crippen MR) is 96.5 cm³/mol. The van der Waals surface area contributed by atoms with Gasteiger partial charge in [0.15, 0.2) is 5.69 Å². The standard InChI is InChI=1S/C19H17N5O/c1-13(14-7-3-2-4-8-14)24-12-15(11-20-24)21-19(25)18-16-9-5-6-10-17(16)22-23-18/h2-13H,1H3,(H,21,25)(H,22,23). The van der Waals surface area contributed by atoms with Crippen LogP contribution in [0.2, 0.25) is 0 Å².